The summed E-state index contributed by atoms with van der Waals surface area (Å²) in [6.45, 7) is 5.45. The van der Waals surface area contributed by atoms with Gasteiger partial charge in [-0.05, 0) is 44.6 Å². The lowest BCUT2D eigenvalue weighted by Crippen LogP contribution is -2.45. The van der Waals surface area contributed by atoms with Crippen LogP contribution < -0.4 is 10.6 Å². The fourth-order valence-electron chi connectivity index (χ4n) is 3.30. The Morgan fingerprint density at radius 2 is 2.14 bits per heavy atom. The lowest BCUT2D eigenvalue weighted by molar-refractivity contribution is -0.133. The van der Waals surface area contributed by atoms with Gasteiger partial charge in [0.1, 0.15) is 0 Å². The Balaban J connectivity index is 1.71. The third kappa shape index (κ3) is 5.30. The van der Waals surface area contributed by atoms with E-state index in [1.54, 1.807) is 0 Å². The second-order valence-corrected chi connectivity index (χ2v) is 6.40. The highest BCUT2D eigenvalue weighted by Crippen LogP contribution is 2.18. The molecule has 2 N–H and O–H groups in total. The molecule has 5 heteroatoms. The van der Waals surface area contributed by atoms with Crippen LogP contribution in [0.1, 0.15) is 51.9 Å². The highest BCUT2D eigenvalue weighted by atomic mass is 16.2. The average Bonchev–Trinajstić information content (AvgIpc) is 2.99. The number of amides is 2. The summed E-state index contributed by atoms with van der Waals surface area (Å²) in [7, 11) is 0. The Labute approximate surface area is 127 Å². The van der Waals surface area contributed by atoms with Crippen molar-refractivity contribution in [1.82, 2.24) is 15.5 Å². The van der Waals surface area contributed by atoms with Crippen molar-refractivity contribution in [3.05, 3.63) is 0 Å². The summed E-state index contributed by atoms with van der Waals surface area (Å²) in [5.74, 6) is 0.829. The summed E-state index contributed by atoms with van der Waals surface area (Å²) in [5.41, 5.74) is 0. The summed E-state index contributed by atoms with van der Waals surface area (Å²) < 4.78 is 0. The molecule has 0 saturated carbocycles. The standard InChI is InChI=1S/C16H29N3O2/c1-2-5-15(20)18-11-13-6-4-9-19(12-13)16(21)10-14-7-3-8-17-14/h13-14,17H,2-12H2,1H3,(H,18,20). The first-order chi connectivity index (χ1) is 10.2. The Morgan fingerprint density at radius 3 is 2.86 bits per heavy atom. The van der Waals surface area contributed by atoms with Gasteiger partial charge in [-0.25, -0.2) is 0 Å². The number of likely N-dealkylation sites (tertiary alicyclic amines) is 1. The predicted molar refractivity (Wildman–Crippen MR) is 82.9 cm³/mol. The normalized spacial score (nSPS) is 25.9. The van der Waals surface area contributed by atoms with Gasteiger partial charge in [0.25, 0.3) is 0 Å². The minimum Gasteiger partial charge on any atom is -0.356 e. The highest BCUT2D eigenvalue weighted by molar-refractivity contribution is 5.77. The van der Waals surface area contributed by atoms with E-state index in [-0.39, 0.29) is 11.8 Å². The molecular weight excluding hydrogens is 266 g/mol. The highest BCUT2D eigenvalue weighted by Gasteiger charge is 2.26. The largest absolute Gasteiger partial charge is 0.356 e. The molecule has 21 heavy (non-hydrogen) atoms. The van der Waals surface area contributed by atoms with Crippen LogP contribution in [0, 0.1) is 5.92 Å². The van der Waals surface area contributed by atoms with Gasteiger partial charge in [0, 0.05) is 38.5 Å². The fourth-order valence-corrected chi connectivity index (χ4v) is 3.30. The van der Waals surface area contributed by atoms with Crippen LogP contribution in [0.15, 0.2) is 0 Å². The number of carbonyl (C=O) groups is 2. The molecular formula is C16H29N3O2. The van der Waals surface area contributed by atoms with E-state index in [4.69, 9.17) is 0 Å². The molecule has 0 spiro atoms. The quantitative estimate of drug-likeness (QED) is 0.776. The van der Waals surface area contributed by atoms with Gasteiger partial charge in [-0.1, -0.05) is 6.92 Å². The van der Waals surface area contributed by atoms with Gasteiger partial charge >= 0.3 is 0 Å². The molecule has 0 bridgehead atoms. The zero-order chi connectivity index (χ0) is 15.1. The van der Waals surface area contributed by atoms with Crippen LogP contribution in [0.3, 0.4) is 0 Å². The summed E-state index contributed by atoms with van der Waals surface area (Å²) in [4.78, 5) is 25.9. The third-order valence-electron chi connectivity index (χ3n) is 4.52. The zero-order valence-electron chi connectivity index (χ0n) is 13.2. The molecule has 5 nitrogen and oxygen atoms in total. The second kappa shape index (κ2) is 8.37. The van der Waals surface area contributed by atoms with Gasteiger partial charge in [-0.15, -0.1) is 0 Å². The third-order valence-corrected chi connectivity index (χ3v) is 4.52. The number of hydrogen-bond acceptors (Lipinski definition) is 3. The summed E-state index contributed by atoms with van der Waals surface area (Å²) >= 11 is 0. The number of nitrogens with one attached hydrogen (secondary N) is 2. The molecule has 120 valence electrons. The van der Waals surface area contributed by atoms with Gasteiger partial charge in [0.05, 0.1) is 0 Å². The van der Waals surface area contributed by atoms with Crippen molar-refractivity contribution >= 4 is 11.8 Å². The monoisotopic (exact) mass is 295 g/mol. The van der Waals surface area contributed by atoms with Crippen molar-refractivity contribution in [3.63, 3.8) is 0 Å². The molecule has 2 amide bonds. The smallest absolute Gasteiger partial charge is 0.224 e. The van der Waals surface area contributed by atoms with Crippen LogP contribution in [0.2, 0.25) is 0 Å². The van der Waals surface area contributed by atoms with Gasteiger partial charge in [0.2, 0.25) is 11.8 Å². The van der Waals surface area contributed by atoms with Crippen LogP contribution in [0.5, 0.6) is 0 Å². The topological polar surface area (TPSA) is 61.4 Å². The van der Waals surface area contributed by atoms with E-state index < -0.39 is 0 Å². The van der Waals surface area contributed by atoms with Crippen LogP contribution in [0.25, 0.3) is 0 Å². The summed E-state index contributed by atoms with van der Waals surface area (Å²) in [6.07, 6.45) is 6.59. The van der Waals surface area contributed by atoms with E-state index in [1.165, 1.54) is 6.42 Å². The molecule has 0 aromatic carbocycles. The molecule has 2 fully saturated rings. The van der Waals surface area contributed by atoms with E-state index >= 15 is 0 Å². The van der Waals surface area contributed by atoms with Gasteiger partial charge < -0.3 is 15.5 Å². The Kier molecular flexibility index (Phi) is 6.49. The minimum atomic E-state index is 0.135. The van der Waals surface area contributed by atoms with E-state index in [0.717, 1.165) is 45.3 Å². The molecule has 2 rings (SSSR count). The van der Waals surface area contributed by atoms with Crippen molar-refractivity contribution in [2.45, 2.75) is 57.9 Å². The number of nitrogens with zero attached hydrogens (tertiary/aromatic N) is 1. The summed E-state index contributed by atoms with van der Waals surface area (Å²) in [6, 6.07) is 0.377. The van der Waals surface area contributed by atoms with Crippen molar-refractivity contribution in [2.24, 2.45) is 5.92 Å². The maximum atomic E-state index is 12.3. The van der Waals surface area contributed by atoms with Crippen molar-refractivity contribution in [3.8, 4) is 0 Å². The van der Waals surface area contributed by atoms with Crippen LogP contribution >= 0.6 is 0 Å². The number of hydrogen-bond donors (Lipinski definition) is 2. The van der Waals surface area contributed by atoms with Gasteiger partial charge in [0.15, 0.2) is 0 Å². The first-order valence-electron chi connectivity index (χ1n) is 8.47. The van der Waals surface area contributed by atoms with E-state index in [2.05, 4.69) is 10.6 Å². The number of carbonyl (C=O) groups excluding carboxylic acids is 2. The molecule has 0 radical (unpaired) electrons. The van der Waals surface area contributed by atoms with Crippen LogP contribution in [-0.4, -0.2) is 48.9 Å². The average molecular weight is 295 g/mol. The molecule has 0 aromatic heterocycles. The Bertz CT molecular complexity index is 353. The maximum Gasteiger partial charge on any atom is 0.224 e. The van der Waals surface area contributed by atoms with Crippen molar-refractivity contribution in [2.75, 3.05) is 26.2 Å². The first-order valence-corrected chi connectivity index (χ1v) is 8.47. The number of piperidine rings is 1. The van der Waals surface area contributed by atoms with E-state index in [9.17, 15) is 9.59 Å². The predicted octanol–water partition coefficient (Wildman–Crippen LogP) is 1.28. The molecule has 2 heterocycles. The molecule has 0 aromatic rings. The SMILES string of the molecule is CCCC(=O)NCC1CCCN(C(=O)CC2CCCN2)C1. The second-order valence-electron chi connectivity index (χ2n) is 6.40. The Hall–Kier alpha value is -1.10. The molecule has 2 aliphatic rings. The number of rotatable bonds is 6. The van der Waals surface area contributed by atoms with Gasteiger partial charge in [-0.2, -0.15) is 0 Å². The molecule has 2 saturated heterocycles. The fraction of sp³-hybridized carbons (Fsp3) is 0.875. The maximum absolute atomic E-state index is 12.3. The first kappa shape index (κ1) is 16.3. The lowest BCUT2D eigenvalue weighted by Gasteiger charge is -2.33. The van der Waals surface area contributed by atoms with E-state index in [1.807, 2.05) is 11.8 Å². The lowest BCUT2D eigenvalue weighted by atomic mass is 9.97. The Morgan fingerprint density at radius 1 is 1.29 bits per heavy atom. The molecule has 2 unspecified atom stereocenters. The molecule has 2 atom stereocenters. The van der Waals surface area contributed by atoms with E-state index in [0.29, 0.717) is 31.3 Å². The van der Waals surface area contributed by atoms with Crippen LogP contribution in [0.4, 0.5) is 0 Å². The van der Waals surface area contributed by atoms with Crippen molar-refractivity contribution < 1.29 is 9.59 Å². The van der Waals surface area contributed by atoms with Crippen molar-refractivity contribution in [1.29, 1.82) is 0 Å². The van der Waals surface area contributed by atoms with Crippen LogP contribution in [-0.2, 0) is 9.59 Å². The van der Waals surface area contributed by atoms with Gasteiger partial charge in [-0.3, -0.25) is 9.59 Å². The summed E-state index contributed by atoms with van der Waals surface area (Å²) in [5, 5.41) is 6.38. The minimum absolute atomic E-state index is 0.135. The zero-order valence-corrected chi connectivity index (χ0v) is 13.2. The molecule has 2 aliphatic heterocycles. The molecule has 0 aliphatic carbocycles.